The Kier molecular flexibility index (Phi) is 6.78. The first kappa shape index (κ1) is 22.2. The largest absolute Gasteiger partial charge is 0.480 e. The van der Waals surface area contributed by atoms with Gasteiger partial charge >= 0.3 is 5.97 Å². The fraction of sp³-hybridized carbons (Fsp3) is 0.192. The van der Waals surface area contributed by atoms with E-state index in [1.54, 1.807) is 24.3 Å². The molecule has 7 heteroatoms. The van der Waals surface area contributed by atoms with Crippen LogP contribution in [0, 0.1) is 5.82 Å². The third kappa shape index (κ3) is 5.44. The molecule has 1 unspecified atom stereocenters. The first-order valence-corrected chi connectivity index (χ1v) is 10.7. The highest BCUT2D eigenvalue weighted by Crippen LogP contribution is 2.25. The molecule has 1 atom stereocenters. The van der Waals surface area contributed by atoms with Crippen LogP contribution in [0.25, 0.3) is 11.3 Å². The molecular formula is C26H24FN3O3. The number of halogens is 1. The van der Waals surface area contributed by atoms with Crippen LogP contribution in [0.1, 0.15) is 29.7 Å². The number of furan rings is 1. The van der Waals surface area contributed by atoms with E-state index in [4.69, 9.17) is 4.42 Å². The first-order chi connectivity index (χ1) is 16.0. The Morgan fingerprint density at radius 3 is 2.48 bits per heavy atom. The average molecular weight is 445 g/mol. The number of aromatic nitrogens is 2. The Morgan fingerprint density at radius 1 is 1.06 bits per heavy atom. The third-order valence-electron chi connectivity index (χ3n) is 5.29. The van der Waals surface area contributed by atoms with E-state index in [1.807, 2.05) is 43.3 Å². The first-order valence-electron chi connectivity index (χ1n) is 10.7. The van der Waals surface area contributed by atoms with Crippen LogP contribution < -0.4 is 5.32 Å². The van der Waals surface area contributed by atoms with E-state index < -0.39 is 17.8 Å². The second-order valence-electron chi connectivity index (χ2n) is 7.65. The molecule has 0 amide bonds. The van der Waals surface area contributed by atoms with Crippen molar-refractivity contribution in [2.75, 3.05) is 5.32 Å². The van der Waals surface area contributed by atoms with Gasteiger partial charge in [0.05, 0.1) is 17.6 Å². The molecule has 0 saturated carbocycles. The molecule has 0 bridgehead atoms. The summed E-state index contributed by atoms with van der Waals surface area (Å²) in [7, 11) is 0. The Hall–Kier alpha value is -4.00. The van der Waals surface area contributed by atoms with Crippen molar-refractivity contribution in [3.8, 4) is 11.3 Å². The maximum Gasteiger partial charge on any atom is 0.326 e. The highest BCUT2D eigenvalue weighted by molar-refractivity contribution is 5.77. The summed E-state index contributed by atoms with van der Waals surface area (Å²) >= 11 is 0. The lowest BCUT2D eigenvalue weighted by Gasteiger charge is -2.17. The Balaban J connectivity index is 1.67. The van der Waals surface area contributed by atoms with Gasteiger partial charge in [0.1, 0.15) is 29.2 Å². The molecule has 0 fully saturated rings. The number of carbonyl (C=O) groups is 1. The number of carboxylic acids is 1. The molecule has 6 nitrogen and oxygen atoms in total. The Bertz CT molecular complexity index is 1240. The van der Waals surface area contributed by atoms with Crippen molar-refractivity contribution in [3.63, 3.8) is 0 Å². The zero-order valence-electron chi connectivity index (χ0n) is 18.2. The number of hydrogen-bond donors (Lipinski definition) is 2. The Labute approximate surface area is 191 Å². The molecule has 4 aromatic rings. The minimum Gasteiger partial charge on any atom is -0.480 e. The highest BCUT2D eigenvalue weighted by atomic mass is 19.1. The molecule has 0 spiro atoms. The summed E-state index contributed by atoms with van der Waals surface area (Å²) in [6.45, 7) is 1.97. The van der Waals surface area contributed by atoms with Gasteiger partial charge in [-0.1, -0.05) is 49.4 Å². The third-order valence-corrected chi connectivity index (χ3v) is 5.29. The second-order valence-corrected chi connectivity index (χ2v) is 7.65. The highest BCUT2D eigenvalue weighted by Gasteiger charge is 2.23. The van der Waals surface area contributed by atoms with Crippen molar-refractivity contribution in [2.24, 2.45) is 0 Å². The molecule has 0 aliphatic carbocycles. The lowest BCUT2D eigenvalue weighted by molar-refractivity contribution is -0.138. The van der Waals surface area contributed by atoms with Gasteiger partial charge in [-0.2, -0.15) is 0 Å². The lowest BCUT2D eigenvalue weighted by atomic mass is 10.1. The molecular weight excluding hydrogens is 421 g/mol. The van der Waals surface area contributed by atoms with Gasteiger partial charge in [0.15, 0.2) is 0 Å². The van der Waals surface area contributed by atoms with Crippen LogP contribution in [0.15, 0.2) is 77.3 Å². The smallest absolute Gasteiger partial charge is 0.326 e. The molecule has 0 aliphatic rings. The molecule has 2 aromatic heterocycles. The van der Waals surface area contributed by atoms with E-state index in [9.17, 15) is 14.3 Å². The van der Waals surface area contributed by atoms with Crippen molar-refractivity contribution in [3.05, 3.63) is 102 Å². The van der Waals surface area contributed by atoms with Crippen molar-refractivity contribution >= 4 is 11.8 Å². The molecule has 2 heterocycles. The van der Waals surface area contributed by atoms with Crippen molar-refractivity contribution < 1.29 is 18.7 Å². The summed E-state index contributed by atoms with van der Waals surface area (Å²) in [6.07, 6.45) is 2.74. The molecule has 2 aromatic carbocycles. The fourth-order valence-corrected chi connectivity index (χ4v) is 3.55. The molecule has 2 N–H and O–H groups in total. The van der Waals surface area contributed by atoms with E-state index in [2.05, 4.69) is 15.3 Å². The summed E-state index contributed by atoms with van der Waals surface area (Å²) in [5.74, 6) is 0.287. The summed E-state index contributed by atoms with van der Waals surface area (Å²) in [5, 5.41) is 12.8. The predicted octanol–water partition coefficient (Wildman–Crippen LogP) is 5.14. The predicted molar refractivity (Wildman–Crippen MR) is 124 cm³/mol. The maximum absolute atomic E-state index is 14.4. The molecule has 4 rings (SSSR count). The summed E-state index contributed by atoms with van der Waals surface area (Å²) in [6, 6.07) is 18.7. The molecule has 0 aliphatic heterocycles. The van der Waals surface area contributed by atoms with Gasteiger partial charge in [-0.05, 0) is 29.8 Å². The number of aliphatic carboxylic acids is 1. The van der Waals surface area contributed by atoms with E-state index in [1.165, 1.54) is 12.3 Å². The van der Waals surface area contributed by atoms with Gasteiger partial charge in [-0.15, -0.1) is 0 Å². The summed E-state index contributed by atoms with van der Waals surface area (Å²) < 4.78 is 20.0. The summed E-state index contributed by atoms with van der Waals surface area (Å²) in [5.41, 5.74) is 2.23. The fourth-order valence-electron chi connectivity index (χ4n) is 3.55. The minimum absolute atomic E-state index is 0.150. The van der Waals surface area contributed by atoms with Crippen molar-refractivity contribution in [1.82, 2.24) is 9.97 Å². The van der Waals surface area contributed by atoms with Crippen LogP contribution in [0.3, 0.4) is 0 Å². The minimum atomic E-state index is -1.03. The zero-order valence-corrected chi connectivity index (χ0v) is 18.2. The molecule has 168 valence electrons. The number of anilines is 1. The number of carboxylic acid groups (broad SMARTS) is 1. The molecule has 0 saturated heterocycles. The number of rotatable bonds is 9. The Morgan fingerprint density at radius 2 is 1.79 bits per heavy atom. The zero-order chi connectivity index (χ0) is 23.2. The normalized spacial score (nSPS) is 11.8. The number of hydrogen-bond acceptors (Lipinski definition) is 5. The van der Waals surface area contributed by atoms with Crippen LogP contribution in [0.4, 0.5) is 10.2 Å². The van der Waals surface area contributed by atoms with E-state index in [-0.39, 0.29) is 6.42 Å². The quantitative estimate of drug-likeness (QED) is 0.371. The maximum atomic E-state index is 14.4. The van der Waals surface area contributed by atoms with Crippen LogP contribution in [-0.2, 0) is 24.1 Å². The van der Waals surface area contributed by atoms with Gasteiger partial charge in [0.2, 0.25) is 0 Å². The van der Waals surface area contributed by atoms with E-state index >= 15 is 0 Å². The summed E-state index contributed by atoms with van der Waals surface area (Å²) in [4.78, 5) is 21.1. The van der Waals surface area contributed by atoms with Crippen LogP contribution in [-0.4, -0.2) is 27.1 Å². The van der Waals surface area contributed by atoms with Gasteiger partial charge < -0.3 is 14.8 Å². The van der Waals surface area contributed by atoms with Crippen LogP contribution in [0.5, 0.6) is 0 Å². The van der Waals surface area contributed by atoms with Gasteiger partial charge in [-0.3, -0.25) is 0 Å². The monoisotopic (exact) mass is 445 g/mol. The number of benzene rings is 2. The second kappa shape index (κ2) is 10.1. The number of nitrogens with zero attached hydrogens (tertiary/aromatic N) is 2. The topological polar surface area (TPSA) is 88.2 Å². The molecule has 33 heavy (non-hydrogen) atoms. The number of nitrogens with one attached hydrogen (secondary N) is 1. The number of aryl methyl sites for hydroxylation is 1. The van der Waals surface area contributed by atoms with Gasteiger partial charge in [0, 0.05) is 24.8 Å². The van der Waals surface area contributed by atoms with E-state index in [0.717, 1.165) is 17.7 Å². The standard InChI is InChI=1S/C26H24FN3O3/c1-2-18-12-13-19(33-18)15-23(26(31)32)30-25-22(14-17-8-4-3-5-9-17)29-24(16-28-25)20-10-6-7-11-21(20)27/h3-13,16,23H,2,14-15H2,1H3,(H,28,30)(H,31,32). The van der Waals surface area contributed by atoms with Gasteiger partial charge in [-0.25, -0.2) is 19.2 Å². The van der Waals surface area contributed by atoms with Gasteiger partial charge in [0.25, 0.3) is 0 Å². The van der Waals surface area contributed by atoms with Crippen molar-refractivity contribution in [2.45, 2.75) is 32.2 Å². The van der Waals surface area contributed by atoms with Crippen molar-refractivity contribution in [1.29, 1.82) is 0 Å². The van der Waals surface area contributed by atoms with Crippen LogP contribution >= 0.6 is 0 Å². The SMILES string of the molecule is CCc1ccc(CC(Nc2ncc(-c3ccccc3F)nc2Cc2ccccc2)C(=O)O)o1. The lowest BCUT2D eigenvalue weighted by Crippen LogP contribution is -2.32. The average Bonchev–Trinajstić information content (AvgIpc) is 3.28. The molecule has 0 radical (unpaired) electrons. The van der Waals surface area contributed by atoms with Crippen LogP contribution in [0.2, 0.25) is 0 Å². The van der Waals surface area contributed by atoms with E-state index in [0.29, 0.717) is 35.0 Å².